The van der Waals surface area contributed by atoms with Crippen molar-refractivity contribution in [2.45, 2.75) is 12.8 Å². The fraction of sp³-hybridized carbons (Fsp3) is 0.182. The molecule has 2 aromatic rings. The van der Waals surface area contributed by atoms with Crippen LogP contribution >= 0.6 is 23.2 Å². The minimum Gasteiger partial charge on any atom is -0.238 e. The molecule has 2 rings (SSSR count). The number of rotatable bonds is 2. The van der Waals surface area contributed by atoms with Crippen LogP contribution in [0.2, 0.25) is 5.02 Å². The Morgan fingerprint density at radius 3 is 2.73 bits per heavy atom. The van der Waals surface area contributed by atoms with Gasteiger partial charge in [0.15, 0.2) is 0 Å². The van der Waals surface area contributed by atoms with Gasteiger partial charge in [-0.1, -0.05) is 17.7 Å². The van der Waals surface area contributed by atoms with Crippen LogP contribution in [-0.2, 0) is 5.88 Å². The molecule has 2 nitrogen and oxygen atoms in total. The van der Waals surface area contributed by atoms with Gasteiger partial charge in [0.25, 0.3) is 0 Å². The van der Waals surface area contributed by atoms with Crippen LogP contribution in [0.5, 0.6) is 0 Å². The normalized spacial score (nSPS) is 10.6. The highest BCUT2D eigenvalue weighted by molar-refractivity contribution is 6.30. The van der Waals surface area contributed by atoms with Gasteiger partial charge in [0.05, 0.1) is 17.3 Å². The molecule has 0 amide bonds. The van der Waals surface area contributed by atoms with Crippen molar-refractivity contribution in [2.24, 2.45) is 0 Å². The van der Waals surface area contributed by atoms with Crippen LogP contribution in [0, 0.1) is 6.92 Å². The van der Waals surface area contributed by atoms with Crippen molar-refractivity contribution in [2.75, 3.05) is 0 Å². The SMILES string of the molecule is Cc1cc(CCl)nn1-c1cccc(Cl)c1. The number of alkyl halides is 1. The summed E-state index contributed by atoms with van der Waals surface area (Å²) in [6.45, 7) is 1.99. The van der Waals surface area contributed by atoms with Crippen molar-refractivity contribution in [3.05, 3.63) is 46.7 Å². The molecule has 0 fully saturated rings. The predicted molar refractivity (Wildman–Crippen MR) is 62.9 cm³/mol. The summed E-state index contributed by atoms with van der Waals surface area (Å²) in [7, 11) is 0. The lowest BCUT2D eigenvalue weighted by molar-refractivity contribution is 0.831. The van der Waals surface area contributed by atoms with E-state index in [2.05, 4.69) is 5.10 Å². The van der Waals surface area contributed by atoms with Crippen molar-refractivity contribution in [3.63, 3.8) is 0 Å². The first-order valence-corrected chi connectivity index (χ1v) is 5.49. The first kappa shape index (κ1) is 10.5. The van der Waals surface area contributed by atoms with E-state index in [1.54, 1.807) is 0 Å². The lowest BCUT2D eigenvalue weighted by Crippen LogP contribution is -1.98. The van der Waals surface area contributed by atoms with Gasteiger partial charge < -0.3 is 0 Å². The topological polar surface area (TPSA) is 17.8 Å². The first-order valence-electron chi connectivity index (χ1n) is 4.58. The zero-order valence-electron chi connectivity index (χ0n) is 8.24. The fourth-order valence-corrected chi connectivity index (χ4v) is 1.79. The number of aromatic nitrogens is 2. The van der Waals surface area contributed by atoms with Gasteiger partial charge in [0.1, 0.15) is 0 Å². The summed E-state index contributed by atoms with van der Waals surface area (Å²) in [5, 5.41) is 5.07. The Balaban J connectivity index is 2.48. The molecule has 0 aliphatic carbocycles. The summed E-state index contributed by atoms with van der Waals surface area (Å²) >= 11 is 11.6. The summed E-state index contributed by atoms with van der Waals surface area (Å²) in [6.07, 6.45) is 0. The minimum atomic E-state index is 0.425. The van der Waals surface area contributed by atoms with E-state index in [1.165, 1.54) is 0 Å². The van der Waals surface area contributed by atoms with Crippen LogP contribution in [0.3, 0.4) is 0 Å². The Kier molecular flexibility index (Phi) is 2.98. The van der Waals surface area contributed by atoms with Crippen LogP contribution in [0.15, 0.2) is 30.3 Å². The monoisotopic (exact) mass is 240 g/mol. The van der Waals surface area contributed by atoms with E-state index in [0.717, 1.165) is 17.1 Å². The van der Waals surface area contributed by atoms with Crippen LogP contribution in [0.4, 0.5) is 0 Å². The molecule has 15 heavy (non-hydrogen) atoms. The third-order valence-electron chi connectivity index (χ3n) is 2.13. The average molecular weight is 241 g/mol. The van der Waals surface area contributed by atoms with Crippen molar-refractivity contribution in [3.8, 4) is 5.69 Å². The molecule has 0 saturated heterocycles. The van der Waals surface area contributed by atoms with Crippen molar-refractivity contribution < 1.29 is 0 Å². The Bertz CT molecular complexity index is 477. The molecule has 0 unspecified atom stereocenters. The molecule has 0 N–H and O–H groups in total. The second kappa shape index (κ2) is 4.25. The molecule has 0 bridgehead atoms. The Morgan fingerprint density at radius 2 is 2.13 bits per heavy atom. The molecule has 1 heterocycles. The van der Waals surface area contributed by atoms with Crippen LogP contribution < -0.4 is 0 Å². The quantitative estimate of drug-likeness (QED) is 0.735. The molecular formula is C11H10Cl2N2. The molecule has 1 aromatic heterocycles. The van der Waals surface area contributed by atoms with E-state index in [9.17, 15) is 0 Å². The molecule has 0 radical (unpaired) electrons. The Morgan fingerprint density at radius 1 is 1.33 bits per heavy atom. The summed E-state index contributed by atoms with van der Waals surface area (Å²) < 4.78 is 1.84. The van der Waals surface area contributed by atoms with Crippen LogP contribution in [0.25, 0.3) is 5.69 Å². The average Bonchev–Trinajstić information content (AvgIpc) is 2.60. The minimum absolute atomic E-state index is 0.425. The van der Waals surface area contributed by atoms with Crippen LogP contribution in [0.1, 0.15) is 11.4 Å². The van der Waals surface area contributed by atoms with Gasteiger partial charge in [-0.05, 0) is 31.2 Å². The molecule has 4 heteroatoms. The zero-order valence-corrected chi connectivity index (χ0v) is 9.76. The van der Waals surface area contributed by atoms with Gasteiger partial charge in [-0.3, -0.25) is 0 Å². The highest BCUT2D eigenvalue weighted by Gasteiger charge is 2.05. The maximum Gasteiger partial charge on any atom is 0.0779 e. The third-order valence-corrected chi connectivity index (χ3v) is 2.64. The molecule has 0 saturated carbocycles. The fourth-order valence-electron chi connectivity index (χ4n) is 1.47. The standard InChI is InChI=1S/C11H10Cl2N2/c1-8-5-10(7-12)14-15(8)11-4-2-3-9(13)6-11/h2-6H,7H2,1H3. The van der Waals surface area contributed by atoms with Gasteiger partial charge in [-0.2, -0.15) is 5.10 Å². The van der Waals surface area contributed by atoms with Gasteiger partial charge in [-0.15, -0.1) is 11.6 Å². The summed E-state index contributed by atoms with van der Waals surface area (Å²) in [5.74, 6) is 0.425. The van der Waals surface area contributed by atoms with Gasteiger partial charge >= 0.3 is 0 Å². The maximum absolute atomic E-state index is 5.92. The maximum atomic E-state index is 5.92. The van der Waals surface area contributed by atoms with Gasteiger partial charge in [0.2, 0.25) is 0 Å². The number of hydrogen-bond acceptors (Lipinski definition) is 1. The number of halogens is 2. The van der Waals surface area contributed by atoms with E-state index < -0.39 is 0 Å². The lowest BCUT2D eigenvalue weighted by Gasteiger charge is -2.03. The smallest absolute Gasteiger partial charge is 0.0779 e. The predicted octanol–water partition coefficient (Wildman–Crippen LogP) is 3.57. The molecular weight excluding hydrogens is 231 g/mol. The van der Waals surface area contributed by atoms with Crippen molar-refractivity contribution >= 4 is 23.2 Å². The lowest BCUT2D eigenvalue weighted by atomic mass is 10.3. The van der Waals surface area contributed by atoms with Crippen molar-refractivity contribution in [1.82, 2.24) is 9.78 Å². The molecule has 78 valence electrons. The molecule has 1 aromatic carbocycles. The zero-order chi connectivity index (χ0) is 10.8. The number of benzene rings is 1. The molecule has 0 atom stereocenters. The highest BCUT2D eigenvalue weighted by Crippen LogP contribution is 2.17. The van der Waals surface area contributed by atoms with E-state index in [-0.39, 0.29) is 0 Å². The Labute approximate surface area is 98.4 Å². The third kappa shape index (κ3) is 2.16. The van der Waals surface area contributed by atoms with E-state index in [0.29, 0.717) is 10.9 Å². The van der Waals surface area contributed by atoms with E-state index in [4.69, 9.17) is 23.2 Å². The van der Waals surface area contributed by atoms with Gasteiger partial charge in [-0.25, -0.2) is 4.68 Å². The van der Waals surface area contributed by atoms with Crippen LogP contribution in [-0.4, -0.2) is 9.78 Å². The molecule has 0 aliphatic rings. The molecule has 0 aliphatic heterocycles. The number of nitrogens with zero attached hydrogens (tertiary/aromatic N) is 2. The highest BCUT2D eigenvalue weighted by atomic mass is 35.5. The molecule has 0 spiro atoms. The van der Waals surface area contributed by atoms with Gasteiger partial charge in [0, 0.05) is 10.7 Å². The van der Waals surface area contributed by atoms with E-state index >= 15 is 0 Å². The number of aryl methyl sites for hydroxylation is 1. The van der Waals surface area contributed by atoms with Crippen molar-refractivity contribution in [1.29, 1.82) is 0 Å². The first-order chi connectivity index (χ1) is 7.20. The number of hydrogen-bond donors (Lipinski definition) is 0. The van der Waals surface area contributed by atoms with E-state index in [1.807, 2.05) is 41.9 Å². The second-order valence-electron chi connectivity index (χ2n) is 3.30. The summed E-state index contributed by atoms with van der Waals surface area (Å²) in [5.41, 5.74) is 2.87. The summed E-state index contributed by atoms with van der Waals surface area (Å²) in [4.78, 5) is 0. The second-order valence-corrected chi connectivity index (χ2v) is 4.01. The largest absolute Gasteiger partial charge is 0.238 e. The summed E-state index contributed by atoms with van der Waals surface area (Å²) in [6, 6.07) is 9.54. The Hall–Kier alpha value is -0.990.